The standard InChI is InChI=1S/C28H28ClN5O4/c1-18(3-9-24(30)31-2)4-10-25(35)32-17-26-33-23-16-21(15-22(29)27(23)38-26)19-5-7-20(8-6-19)28(36)34-11-13-37-14-12-34/h3-10,15-16H,2,11-14,17,30H2,1H3,(H,32,35)/b10-4+,18-3+,24-9-. The highest BCUT2D eigenvalue weighted by molar-refractivity contribution is 6.35. The van der Waals surface area contributed by atoms with Crippen molar-refractivity contribution < 1.29 is 18.7 Å². The number of morpholine rings is 1. The molecule has 0 saturated carbocycles. The summed E-state index contributed by atoms with van der Waals surface area (Å²) >= 11 is 6.48. The van der Waals surface area contributed by atoms with Crippen LogP contribution in [-0.2, 0) is 16.1 Å². The van der Waals surface area contributed by atoms with Gasteiger partial charge in [0.1, 0.15) is 11.3 Å². The van der Waals surface area contributed by atoms with Crippen molar-refractivity contribution in [3.63, 3.8) is 0 Å². The third-order valence-electron chi connectivity index (χ3n) is 5.86. The predicted molar refractivity (Wildman–Crippen MR) is 148 cm³/mol. The molecule has 38 heavy (non-hydrogen) atoms. The van der Waals surface area contributed by atoms with Crippen molar-refractivity contribution in [1.29, 1.82) is 0 Å². The third-order valence-corrected chi connectivity index (χ3v) is 6.14. The average molecular weight is 534 g/mol. The van der Waals surface area contributed by atoms with Crippen LogP contribution in [0.1, 0.15) is 23.2 Å². The summed E-state index contributed by atoms with van der Waals surface area (Å²) in [6.07, 6.45) is 6.37. The molecule has 2 aromatic carbocycles. The summed E-state index contributed by atoms with van der Waals surface area (Å²) in [5.41, 5.74) is 9.72. The van der Waals surface area contributed by atoms with E-state index in [4.69, 9.17) is 26.5 Å². The summed E-state index contributed by atoms with van der Waals surface area (Å²) in [6.45, 7) is 7.56. The van der Waals surface area contributed by atoms with Crippen molar-refractivity contribution in [1.82, 2.24) is 15.2 Å². The number of hydrogen-bond acceptors (Lipinski definition) is 7. The van der Waals surface area contributed by atoms with Gasteiger partial charge in [0.2, 0.25) is 11.8 Å². The van der Waals surface area contributed by atoms with E-state index in [9.17, 15) is 9.59 Å². The Morgan fingerprint density at radius 1 is 1.16 bits per heavy atom. The Kier molecular flexibility index (Phi) is 8.73. The van der Waals surface area contributed by atoms with Crippen LogP contribution < -0.4 is 11.1 Å². The second-order valence-corrected chi connectivity index (χ2v) is 9.01. The lowest BCUT2D eigenvalue weighted by molar-refractivity contribution is -0.116. The van der Waals surface area contributed by atoms with Gasteiger partial charge in [-0.1, -0.05) is 41.5 Å². The number of benzene rings is 2. The summed E-state index contributed by atoms with van der Waals surface area (Å²) < 4.78 is 11.1. The van der Waals surface area contributed by atoms with E-state index in [1.165, 1.54) is 6.08 Å². The summed E-state index contributed by atoms with van der Waals surface area (Å²) in [7, 11) is 0. The minimum Gasteiger partial charge on any atom is -0.437 e. The Hall–Kier alpha value is -4.21. The number of allylic oxidation sites excluding steroid dienone is 4. The zero-order chi connectivity index (χ0) is 27.1. The number of rotatable bonds is 8. The highest BCUT2D eigenvalue weighted by Crippen LogP contribution is 2.31. The van der Waals surface area contributed by atoms with Gasteiger partial charge in [-0.25, -0.2) is 9.98 Å². The molecule has 2 amide bonds. The maximum absolute atomic E-state index is 12.7. The molecule has 1 aliphatic heterocycles. The van der Waals surface area contributed by atoms with E-state index in [-0.39, 0.29) is 24.2 Å². The van der Waals surface area contributed by atoms with Gasteiger partial charge < -0.3 is 25.1 Å². The molecular weight excluding hydrogens is 506 g/mol. The van der Waals surface area contributed by atoms with Crippen LogP contribution in [0.4, 0.5) is 0 Å². The number of oxazole rings is 1. The minimum absolute atomic E-state index is 0.0101. The number of amides is 2. The Bertz CT molecular complexity index is 1430. The molecule has 1 fully saturated rings. The van der Waals surface area contributed by atoms with Gasteiger partial charge in [0.15, 0.2) is 5.58 Å². The van der Waals surface area contributed by atoms with Crippen LogP contribution in [0.3, 0.4) is 0 Å². The number of halogens is 1. The van der Waals surface area contributed by atoms with Crippen LogP contribution in [0.5, 0.6) is 0 Å². The van der Waals surface area contributed by atoms with E-state index in [1.54, 1.807) is 41.3 Å². The van der Waals surface area contributed by atoms with Gasteiger partial charge in [0.25, 0.3) is 5.91 Å². The fraction of sp³-hybridized carbons (Fsp3) is 0.214. The maximum atomic E-state index is 12.7. The maximum Gasteiger partial charge on any atom is 0.254 e. The molecule has 9 nitrogen and oxygen atoms in total. The highest BCUT2D eigenvalue weighted by Gasteiger charge is 2.19. The molecule has 0 bridgehead atoms. The number of ether oxygens (including phenoxy) is 1. The molecule has 10 heteroatoms. The first kappa shape index (κ1) is 26.8. The van der Waals surface area contributed by atoms with Crippen LogP contribution in [0.25, 0.3) is 22.2 Å². The molecular formula is C28H28ClN5O4. The zero-order valence-electron chi connectivity index (χ0n) is 20.9. The zero-order valence-corrected chi connectivity index (χ0v) is 21.7. The van der Waals surface area contributed by atoms with Crippen molar-refractivity contribution in [2.45, 2.75) is 13.5 Å². The first-order chi connectivity index (χ1) is 18.3. The van der Waals surface area contributed by atoms with Crippen molar-refractivity contribution in [3.05, 3.63) is 88.6 Å². The molecule has 0 atom stereocenters. The average Bonchev–Trinajstić information content (AvgIpc) is 3.37. The summed E-state index contributed by atoms with van der Waals surface area (Å²) in [5.74, 6) is 0.296. The van der Waals surface area contributed by atoms with Crippen molar-refractivity contribution in [3.8, 4) is 11.1 Å². The van der Waals surface area contributed by atoms with Crippen molar-refractivity contribution in [2.75, 3.05) is 26.3 Å². The normalized spacial score (nSPS) is 14.7. The number of carbonyl (C=O) groups excluding carboxylic acids is 2. The molecule has 196 valence electrons. The van der Waals surface area contributed by atoms with Gasteiger partial charge in [-0.2, -0.15) is 0 Å². The van der Waals surface area contributed by atoms with Gasteiger partial charge in [0.05, 0.1) is 24.8 Å². The third kappa shape index (κ3) is 6.76. The van der Waals surface area contributed by atoms with Gasteiger partial charge in [-0.15, -0.1) is 0 Å². The van der Waals surface area contributed by atoms with Crippen LogP contribution in [-0.4, -0.2) is 54.7 Å². The number of carbonyl (C=O) groups is 2. The smallest absolute Gasteiger partial charge is 0.254 e. The summed E-state index contributed by atoms with van der Waals surface area (Å²) in [6, 6.07) is 11.0. The van der Waals surface area contributed by atoms with Gasteiger partial charge >= 0.3 is 0 Å². The SMILES string of the molecule is C=N\C(N)=C/C=C(C)/C=C/C(=O)NCc1nc2cc(-c3ccc(C(=O)N4CCOCC4)cc3)cc(Cl)c2o1. The molecule has 0 unspecified atom stereocenters. The van der Waals surface area contributed by atoms with E-state index in [2.05, 4.69) is 22.0 Å². The van der Waals surface area contributed by atoms with Gasteiger partial charge in [0, 0.05) is 24.7 Å². The number of nitrogens with one attached hydrogen (secondary N) is 1. The molecule has 0 spiro atoms. The van der Waals surface area contributed by atoms with E-state index >= 15 is 0 Å². The van der Waals surface area contributed by atoms with Crippen molar-refractivity contribution in [2.24, 2.45) is 10.7 Å². The fourth-order valence-corrected chi connectivity index (χ4v) is 4.04. The molecule has 0 radical (unpaired) electrons. The molecule has 1 aromatic heterocycles. The lowest BCUT2D eigenvalue weighted by Crippen LogP contribution is -2.40. The minimum atomic E-state index is -0.308. The number of aromatic nitrogens is 1. The molecule has 0 aliphatic carbocycles. The molecule has 4 rings (SSSR count). The number of aliphatic imine (C=N–C) groups is 1. The highest BCUT2D eigenvalue weighted by atomic mass is 35.5. The predicted octanol–water partition coefficient (Wildman–Crippen LogP) is 4.24. The van der Waals surface area contributed by atoms with Crippen LogP contribution in [0, 0.1) is 0 Å². The van der Waals surface area contributed by atoms with Crippen LogP contribution >= 0.6 is 11.6 Å². The summed E-state index contributed by atoms with van der Waals surface area (Å²) in [4.78, 5) is 34.8. The lowest BCUT2D eigenvalue weighted by Gasteiger charge is -2.26. The first-order valence-corrected chi connectivity index (χ1v) is 12.3. The number of nitrogens with two attached hydrogens (primary N) is 1. The Balaban J connectivity index is 1.42. The van der Waals surface area contributed by atoms with Gasteiger partial charge in [-0.3, -0.25) is 9.59 Å². The molecule has 1 aliphatic rings. The van der Waals surface area contributed by atoms with Crippen LogP contribution in [0.15, 0.2) is 81.5 Å². The number of nitrogens with zero attached hydrogens (tertiary/aromatic N) is 3. The lowest BCUT2D eigenvalue weighted by atomic mass is 10.0. The van der Waals surface area contributed by atoms with Crippen molar-refractivity contribution >= 4 is 41.2 Å². The first-order valence-electron chi connectivity index (χ1n) is 12.0. The van der Waals surface area contributed by atoms with E-state index < -0.39 is 0 Å². The van der Waals surface area contributed by atoms with Crippen LogP contribution in [0.2, 0.25) is 5.02 Å². The fourth-order valence-electron chi connectivity index (χ4n) is 3.79. The molecule has 3 aromatic rings. The second-order valence-electron chi connectivity index (χ2n) is 8.61. The topological polar surface area (TPSA) is 123 Å². The number of fused-ring (bicyclic) bond motifs is 1. The quantitative estimate of drug-likeness (QED) is 0.253. The largest absolute Gasteiger partial charge is 0.437 e. The molecule has 1 saturated heterocycles. The molecule has 3 N–H and O–H groups in total. The van der Waals surface area contributed by atoms with E-state index in [1.807, 2.05) is 25.1 Å². The van der Waals surface area contributed by atoms with E-state index in [0.717, 1.165) is 16.7 Å². The Morgan fingerprint density at radius 3 is 2.61 bits per heavy atom. The molecule has 2 heterocycles. The Morgan fingerprint density at radius 2 is 1.89 bits per heavy atom. The van der Waals surface area contributed by atoms with Gasteiger partial charge in [-0.05, 0) is 55.1 Å². The van der Waals surface area contributed by atoms with E-state index in [0.29, 0.717) is 53.9 Å². The monoisotopic (exact) mass is 533 g/mol. The second kappa shape index (κ2) is 12.4. The summed E-state index contributed by atoms with van der Waals surface area (Å²) in [5, 5.41) is 3.14. The Labute approximate surface area is 225 Å². The number of hydrogen-bond donors (Lipinski definition) is 2.